The smallest absolute Gasteiger partial charge is 0.251 e. The summed E-state index contributed by atoms with van der Waals surface area (Å²) in [4.78, 5) is 23.7. The molecule has 0 saturated carbocycles. The summed E-state index contributed by atoms with van der Waals surface area (Å²) in [7, 11) is 0. The van der Waals surface area contributed by atoms with E-state index in [1.165, 1.54) is 0 Å². The van der Waals surface area contributed by atoms with Gasteiger partial charge in [0.15, 0.2) is 0 Å². The lowest BCUT2D eigenvalue weighted by molar-refractivity contribution is -0.120. The molecule has 2 rings (SSSR count). The van der Waals surface area contributed by atoms with Gasteiger partial charge in [0.05, 0.1) is 6.54 Å². The molecular weight excluding hydrogens is 276 g/mol. The minimum absolute atomic E-state index is 0.0292. The first-order valence-corrected chi connectivity index (χ1v) is 7.22. The van der Waals surface area contributed by atoms with Gasteiger partial charge in [0.25, 0.3) is 5.91 Å². The highest BCUT2D eigenvalue weighted by molar-refractivity contribution is 5.96. The quantitative estimate of drug-likeness (QED) is 0.890. The molecule has 0 atom stereocenters. The summed E-state index contributed by atoms with van der Waals surface area (Å²) in [6, 6.07) is 15.2. The largest absolute Gasteiger partial charge is 0.350 e. The highest BCUT2D eigenvalue weighted by atomic mass is 16.2. The van der Waals surface area contributed by atoms with Crippen molar-refractivity contribution in [1.82, 2.24) is 10.6 Å². The molecule has 0 saturated heterocycles. The molecule has 2 aromatic carbocycles. The third kappa shape index (κ3) is 4.74. The molecule has 4 heteroatoms. The minimum atomic E-state index is -0.241. The van der Waals surface area contributed by atoms with Crippen molar-refractivity contribution in [3.05, 3.63) is 70.8 Å². The minimum Gasteiger partial charge on any atom is -0.350 e. The van der Waals surface area contributed by atoms with E-state index in [9.17, 15) is 9.59 Å². The third-order valence-electron chi connectivity index (χ3n) is 3.26. The van der Waals surface area contributed by atoms with E-state index in [1.54, 1.807) is 12.1 Å². The maximum absolute atomic E-state index is 11.9. The summed E-state index contributed by atoms with van der Waals surface area (Å²) in [5, 5.41) is 5.41. The predicted molar refractivity (Wildman–Crippen MR) is 86.5 cm³/mol. The lowest BCUT2D eigenvalue weighted by Crippen LogP contribution is -2.36. The van der Waals surface area contributed by atoms with Crippen LogP contribution in [0.5, 0.6) is 0 Å². The second-order valence-electron chi connectivity index (χ2n) is 5.32. The van der Waals surface area contributed by atoms with E-state index in [0.717, 1.165) is 16.7 Å². The van der Waals surface area contributed by atoms with Crippen LogP contribution in [0.1, 0.15) is 27.0 Å². The van der Waals surface area contributed by atoms with Gasteiger partial charge in [-0.05, 0) is 31.5 Å². The fourth-order valence-electron chi connectivity index (χ4n) is 2.13. The zero-order valence-corrected chi connectivity index (χ0v) is 12.8. The summed E-state index contributed by atoms with van der Waals surface area (Å²) in [6.07, 6.45) is 0. The summed E-state index contributed by atoms with van der Waals surface area (Å²) in [5.41, 5.74) is 3.76. The van der Waals surface area contributed by atoms with Gasteiger partial charge in [0.2, 0.25) is 5.91 Å². The number of aryl methyl sites for hydroxylation is 2. The van der Waals surface area contributed by atoms with E-state index in [4.69, 9.17) is 0 Å². The lowest BCUT2D eigenvalue weighted by Gasteiger charge is -2.08. The standard InChI is InChI=1S/C18H20N2O2/c1-13-5-3-7-15(9-13)11-19-17(21)12-20-18(22)16-8-4-6-14(2)10-16/h3-10H,11-12H2,1-2H3,(H,19,21)(H,20,22). The fraction of sp³-hybridized carbons (Fsp3) is 0.222. The van der Waals surface area contributed by atoms with Gasteiger partial charge in [-0.15, -0.1) is 0 Å². The van der Waals surface area contributed by atoms with Gasteiger partial charge in [-0.1, -0.05) is 47.5 Å². The van der Waals surface area contributed by atoms with E-state index in [0.29, 0.717) is 12.1 Å². The van der Waals surface area contributed by atoms with Crippen LogP contribution in [0.2, 0.25) is 0 Å². The van der Waals surface area contributed by atoms with E-state index < -0.39 is 0 Å². The van der Waals surface area contributed by atoms with Crippen LogP contribution in [-0.4, -0.2) is 18.4 Å². The predicted octanol–water partition coefficient (Wildman–Crippen LogP) is 2.35. The summed E-state index contributed by atoms with van der Waals surface area (Å²) < 4.78 is 0. The number of carbonyl (C=O) groups excluding carboxylic acids is 2. The zero-order valence-electron chi connectivity index (χ0n) is 12.8. The molecule has 114 valence electrons. The van der Waals surface area contributed by atoms with Crippen molar-refractivity contribution < 1.29 is 9.59 Å². The maximum Gasteiger partial charge on any atom is 0.251 e. The van der Waals surface area contributed by atoms with Gasteiger partial charge in [0.1, 0.15) is 0 Å². The maximum atomic E-state index is 11.9. The van der Waals surface area contributed by atoms with Gasteiger partial charge in [-0.2, -0.15) is 0 Å². The zero-order chi connectivity index (χ0) is 15.9. The topological polar surface area (TPSA) is 58.2 Å². The molecule has 2 aromatic rings. The summed E-state index contributed by atoms with van der Waals surface area (Å²) in [6.45, 7) is 4.36. The summed E-state index contributed by atoms with van der Waals surface area (Å²) in [5.74, 6) is -0.447. The molecule has 4 nitrogen and oxygen atoms in total. The van der Waals surface area contributed by atoms with E-state index in [1.807, 2.05) is 50.2 Å². The molecule has 0 bridgehead atoms. The van der Waals surface area contributed by atoms with Gasteiger partial charge in [0, 0.05) is 12.1 Å². The molecule has 2 N–H and O–H groups in total. The molecule has 0 aliphatic rings. The van der Waals surface area contributed by atoms with Crippen LogP contribution in [0, 0.1) is 13.8 Å². The molecule has 2 amide bonds. The van der Waals surface area contributed by atoms with Crippen LogP contribution in [0.15, 0.2) is 48.5 Å². The number of hydrogen-bond donors (Lipinski definition) is 2. The van der Waals surface area contributed by atoms with E-state index >= 15 is 0 Å². The lowest BCUT2D eigenvalue weighted by atomic mass is 10.1. The first-order chi connectivity index (χ1) is 10.5. The highest BCUT2D eigenvalue weighted by Crippen LogP contribution is 2.04. The Kier molecular flexibility index (Phi) is 5.31. The Morgan fingerprint density at radius 1 is 0.909 bits per heavy atom. The second kappa shape index (κ2) is 7.41. The molecule has 0 heterocycles. The monoisotopic (exact) mass is 296 g/mol. The molecule has 0 unspecified atom stereocenters. The molecule has 0 fully saturated rings. The molecule has 0 aliphatic carbocycles. The highest BCUT2D eigenvalue weighted by Gasteiger charge is 2.07. The van der Waals surface area contributed by atoms with Crippen LogP contribution in [-0.2, 0) is 11.3 Å². The van der Waals surface area contributed by atoms with E-state index in [2.05, 4.69) is 10.6 Å². The van der Waals surface area contributed by atoms with Crippen LogP contribution < -0.4 is 10.6 Å². The number of benzene rings is 2. The molecule has 0 aromatic heterocycles. The van der Waals surface area contributed by atoms with Crippen molar-refractivity contribution in [1.29, 1.82) is 0 Å². The molecular formula is C18H20N2O2. The Labute approximate surface area is 130 Å². The van der Waals surface area contributed by atoms with Crippen LogP contribution in [0.4, 0.5) is 0 Å². The van der Waals surface area contributed by atoms with E-state index in [-0.39, 0.29) is 18.4 Å². The fourth-order valence-corrected chi connectivity index (χ4v) is 2.13. The molecule has 0 radical (unpaired) electrons. The number of rotatable bonds is 5. The number of nitrogens with one attached hydrogen (secondary N) is 2. The van der Waals surface area contributed by atoms with Crippen LogP contribution in [0.25, 0.3) is 0 Å². The first-order valence-electron chi connectivity index (χ1n) is 7.22. The molecule has 0 spiro atoms. The first kappa shape index (κ1) is 15.8. The average Bonchev–Trinajstić information content (AvgIpc) is 2.50. The third-order valence-corrected chi connectivity index (χ3v) is 3.26. The van der Waals surface area contributed by atoms with Gasteiger partial charge in [-0.25, -0.2) is 0 Å². The Bertz CT molecular complexity index is 680. The summed E-state index contributed by atoms with van der Waals surface area (Å²) >= 11 is 0. The number of amides is 2. The van der Waals surface area contributed by atoms with Crippen molar-refractivity contribution in [3.8, 4) is 0 Å². The van der Waals surface area contributed by atoms with Crippen LogP contribution >= 0.6 is 0 Å². The van der Waals surface area contributed by atoms with Crippen molar-refractivity contribution in [2.24, 2.45) is 0 Å². The van der Waals surface area contributed by atoms with Crippen molar-refractivity contribution >= 4 is 11.8 Å². The van der Waals surface area contributed by atoms with Crippen molar-refractivity contribution in [2.75, 3.05) is 6.54 Å². The Hall–Kier alpha value is -2.62. The Morgan fingerprint density at radius 2 is 1.59 bits per heavy atom. The molecule has 22 heavy (non-hydrogen) atoms. The Balaban J connectivity index is 1.79. The molecule has 0 aliphatic heterocycles. The number of carbonyl (C=O) groups is 2. The average molecular weight is 296 g/mol. The normalized spacial score (nSPS) is 10.1. The SMILES string of the molecule is Cc1cccc(CNC(=O)CNC(=O)c2cccc(C)c2)c1. The van der Waals surface area contributed by atoms with Gasteiger partial charge < -0.3 is 10.6 Å². The Morgan fingerprint density at radius 3 is 2.27 bits per heavy atom. The van der Waals surface area contributed by atoms with Gasteiger partial charge >= 0.3 is 0 Å². The van der Waals surface area contributed by atoms with Gasteiger partial charge in [-0.3, -0.25) is 9.59 Å². The van der Waals surface area contributed by atoms with Crippen molar-refractivity contribution in [3.63, 3.8) is 0 Å². The van der Waals surface area contributed by atoms with Crippen LogP contribution in [0.3, 0.4) is 0 Å². The number of hydrogen-bond acceptors (Lipinski definition) is 2. The second-order valence-corrected chi connectivity index (χ2v) is 5.32. The van der Waals surface area contributed by atoms with Crippen molar-refractivity contribution in [2.45, 2.75) is 20.4 Å².